The minimum Gasteiger partial charge on any atom is -0.310 e. The van der Waals surface area contributed by atoms with Gasteiger partial charge in [-0.25, -0.2) is 0 Å². The maximum atomic E-state index is 6.06. The molecule has 0 aromatic heterocycles. The van der Waals surface area contributed by atoms with E-state index >= 15 is 0 Å². The second-order valence-electron chi connectivity index (χ2n) is 6.36. The van der Waals surface area contributed by atoms with Gasteiger partial charge in [0, 0.05) is 11.1 Å². The molecule has 0 saturated carbocycles. The first kappa shape index (κ1) is 16.8. The first-order valence-corrected chi connectivity index (χ1v) is 9.20. The van der Waals surface area contributed by atoms with Crippen LogP contribution in [0.5, 0.6) is 0 Å². The van der Waals surface area contributed by atoms with Crippen molar-refractivity contribution < 1.29 is 0 Å². The molecular weight excluding hydrogens is 278 g/mol. The van der Waals surface area contributed by atoms with Gasteiger partial charge in [0.05, 0.1) is 0 Å². The van der Waals surface area contributed by atoms with E-state index < -0.39 is 0 Å². The summed E-state index contributed by atoms with van der Waals surface area (Å²) in [5.74, 6) is 0. The number of hydrogen-bond acceptors (Lipinski definition) is 1. The molecule has 0 spiro atoms. The van der Waals surface area contributed by atoms with Crippen LogP contribution in [0.1, 0.15) is 81.9 Å². The highest BCUT2D eigenvalue weighted by Gasteiger charge is 2.21. The zero-order chi connectivity index (χ0) is 14.9. The Balaban J connectivity index is 1.55. The predicted molar refractivity (Wildman–Crippen MR) is 93.1 cm³/mol. The molecule has 0 aliphatic heterocycles. The topological polar surface area (TPSA) is 12.0 Å². The van der Waals surface area contributed by atoms with Crippen molar-refractivity contribution in [2.45, 2.75) is 77.2 Å². The van der Waals surface area contributed by atoms with Crippen LogP contribution >= 0.6 is 11.6 Å². The quantitative estimate of drug-likeness (QED) is 0.518. The van der Waals surface area contributed by atoms with Crippen LogP contribution in [0.15, 0.2) is 18.2 Å². The lowest BCUT2D eigenvalue weighted by atomic mass is 10.1. The number of unbranched alkanes of at least 4 members (excludes halogenated alkanes) is 7. The lowest BCUT2D eigenvalue weighted by Crippen LogP contribution is -2.20. The van der Waals surface area contributed by atoms with Crippen molar-refractivity contribution in [3.63, 3.8) is 0 Å². The maximum absolute atomic E-state index is 6.06. The van der Waals surface area contributed by atoms with Crippen LogP contribution in [0.4, 0.5) is 0 Å². The largest absolute Gasteiger partial charge is 0.310 e. The van der Waals surface area contributed by atoms with E-state index in [0.717, 1.165) is 11.6 Å². The molecule has 0 saturated heterocycles. The van der Waals surface area contributed by atoms with Crippen molar-refractivity contribution in [2.24, 2.45) is 0 Å². The summed E-state index contributed by atoms with van der Waals surface area (Å²) >= 11 is 6.06. The smallest absolute Gasteiger partial charge is 0.0408 e. The Morgan fingerprint density at radius 2 is 1.76 bits per heavy atom. The van der Waals surface area contributed by atoms with Gasteiger partial charge in [-0.1, -0.05) is 69.5 Å². The molecule has 1 aromatic rings. The van der Waals surface area contributed by atoms with Crippen LogP contribution in [-0.4, -0.2) is 6.54 Å². The molecule has 2 heteroatoms. The molecular formula is C19H30ClN. The van der Waals surface area contributed by atoms with Crippen molar-refractivity contribution in [3.8, 4) is 0 Å². The summed E-state index contributed by atoms with van der Waals surface area (Å²) in [4.78, 5) is 0. The molecule has 1 N–H and O–H groups in total. The summed E-state index contributed by atoms with van der Waals surface area (Å²) in [5.41, 5.74) is 2.91. The molecule has 1 aliphatic carbocycles. The Kier molecular flexibility index (Phi) is 7.60. The second-order valence-corrected chi connectivity index (χ2v) is 6.80. The van der Waals surface area contributed by atoms with Gasteiger partial charge in [0.2, 0.25) is 0 Å². The SMILES string of the molecule is CCCCCCCCCCNC1CCc2cc(Cl)ccc21. The molecule has 0 heterocycles. The molecule has 1 atom stereocenters. The standard InChI is InChI=1S/C19H30ClN/c1-2-3-4-5-6-7-8-9-14-21-19-13-10-16-15-17(20)11-12-18(16)19/h11-12,15,19,21H,2-10,13-14H2,1H3. The maximum Gasteiger partial charge on any atom is 0.0408 e. The molecule has 2 rings (SSSR count). The third-order valence-electron chi connectivity index (χ3n) is 4.60. The van der Waals surface area contributed by atoms with E-state index in [2.05, 4.69) is 24.4 Å². The summed E-state index contributed by atoms with van der Waals surface area (Å²) in [5, 5.41) is 4.60. The highest BCUT2D eigenvalue weighted by Crippen LogP contribution is 2.32. The van der Waals surface area contributed by atoms with E-state index in [1.54, 1.807) is 0 Å². The Morgan fingerprint density at radius 3 is 2.52 bits per heavy atom. The van der Waals surface area contributed by atoms with E-state index in [4.69, 9.17) is 11.6 Å². The van der Waals surface area contributed by atoms with E-state index in [0.29, 0.717) is 6.04 Å². The predicted octanol–water partition coefficient (Wildman–Crippen LogP) is 6.06. The lowest BCUT2D eigenvalue weighted by Gasteiger charge is -2.14. The van der Waals surface area contributed by atoms with Gasteiger partial charge in [-0.2, -0.15) is 0 Å². The fourth-order valence-electron chi connectivity index (χ4n) is 3.33. The normalized spacial score (nSPS) is 17.1. The van der Waals surface area contributed by atoms with Gasteiger partial charge in [-0.15, -0.1) is 0 Å². The molecule has 118 valence electrons. The first-order chi connectivity index (χ1) is 10.3. The monoisotopic (exact) mass is 307 g/mol. The molecule has 0 fully saturated rings. The molecule has 0 bridgehead atoms. The van der Waals surface area contributed by atoms with Crippen LogP contribution in [0.3, 0.4) is 0 Å². The molecule has 0 radical (unpaired) electrons. The van der Waals surface area contributed by atoms with Gasteiger partial charge in [-0.05, 0) is 49.1 Å². The van der Waals surface area contributed by atoms with E-state index in [1.807, 2.05) is 6.07 Å². The number of fused-ring (bicyclic) bond motifs is 1. The molecule has 0 amide bonds. The van der Waals surface area contributed by atoms with Gasteiger partial charge < -0.3 is 5.32 Å². The zero-order valence-corrected chi connectivity index (χ0v) is 14.2. The Hall–Kier alpha value is -0.530. The Bertz CT molecular complexity index is 416. The van der Waals surface area contributed by atoms with Gasteiger partial charge >= 0.3 is 0 Å². The number of benzene rings is 1. The minimum absolute atomic E-state index is 0.557. The van der Waals surface area contributed by atoms with Crippen molar-refractivity contribution in [1.82, 2.24) is 5.32 Å². The molecule has 21 heavy (non-hydrogen) atoms. The van der Waals surface area contributed by atoms with Gasteiger partial charge in [0.25, 0.3) is 0 Å². The molecule has 1 aromatic carbocycles. The lowest BCUT2D eigenvalue weighted by molar-refractivity contribution is 0.498. The van der Waals surface area contributed by atoms with E-state index in [1.165, 1.54) is 75.3 Å². The van der Waals surface area contributed by atoms with Gasteiger partial charge in [-0.3, -0.25) is 0 Å². The summed E-state index contributed by atoms with van der Waals surface area (Å²) in [7, 11) is 0. The summed E-state index contributed by atoms with van der Waals surface area (Å²) in [6, 6.07) is 6.92. The third kappa shape index (κ3) is 5.64. The van der Waals surface area contributed by atoms with Crippen molar-refractivity contribution in [3.05, 3.63) is 34.3 Å². The highest BCUT2D eigenvalue weighted by atomic mass is 35.5. The number of nitrogens with one attached hydrogen (secondary N) is 1. The number of hydrogen-bond donors (Lipinski definition) is 1. The van der Waals surface area contributed by atoms with E-state index in [9.17, 15) is 0 Å². The zero-order valence-electron chi connectivity index (χ0n) is 13.5. The Labute approximate surface area is 135 Å². The van der Waals surface area contributed by atoms with Crippen LogP contribution in [0.2, 0.25) is 5.02 Å². The fourth-order valence-corrected chi connectivity index (χ4v) is 3.53. The Morgan fingerprint density at radius 1 is 1.05 bits per heavy atom. The molecule has 1 unspecified atom stereocenters. The second kappa shape index (κ2) is 9.48. The van der Waals surface area contributed by atoms with E-state index in [-0.39, 0.29) is 0 Å². The van der Waals surface area contributed by atoms with Crippen molar-refractivity contribution in [1.29, 1.82) is 0 Å². The molecule has 1 nitrogen and oxygen atoms in total. The summed E-state index contributed by atoms with van der Waals surface area (Å²) in [6.45, 7) is 3.43. The number of aryl methyl sites for hydroxylation is 1. The fraction of sp³-hybridized carbons (Fsp3) is 0.684. The highest BCUT2D eigenvalue weighted by molar-refractivity contribution is 6.30. The number of halogens is 1. The average Bonchev–Trinajstić information content (AvgIpc) is 2.88. The van der Waals surface area contributed by atoms with Crippen LogP contribution in [0, 0.1) is 0 Å². The third-order valence-corrected chi connectivity index (χ3v) is 4.84. The van der Waals surface area contributed by atoms with Crippen LogP contribution in [-0.2, 0) is 6.42 Å². The van der Waals surface area contributed by atoms with Crippen LogP contribution in [0.25, 0.3) is 0 Å². The van der Waals surface area contributed by atoms with Gasteiger partial charge in [0.15, 0.2) is 0 Å². The van der Waals surface area contributed by atoms with Gasteiger partial charge in [0.1, 0.15) is 0 Å². The average molecular weight is 308 g/mol. The van der Waals surface area contributed by atoms with Crippen LogP contribution < -0.4 is 5.32 Å². The number of rotatable bonds is 10. The molecule has 1 aliphatic rings. The summed E-state index contributed by atoms with van der Waals surface area (Å²) in [6.07, 6.45) is 13.5. The minimum atomic E-state index is 0.557. The van der Waals surface area contributed by atoms with Crippen molar-refractivity contribution >= 4 is 11.6 Å². The van der Waals surface area contributed by atoms with Crippen molar-refractivity contribution in [2.75, 3.05) is 6.54 Å². The first-order valence-electron chi connectivity index (χ1n) is 8.83. The summed E-state index contributed by atoms with van der Waals surface area (Å²) < 4.78 is 0.